The number of nitrogens with zero attached hydrogens (tertiary/aromatic N) is 1. The molecule has 3 rings (SSSR count). The minimum atomic E-state index is 0.441. The number of rotatable bonds is 3. The van der Waals surface area contributed by atoms with Gasteiger partial charge >= 0.3 is 0 Å². The van der Waals surface area contributed by atoms with Gasteiger partial charge in [-0.2, -0.15) is 0 Å². The fourth-order valence-corrected chi connectivity index (χ4v) is 2.86. The van der Waals surface area contributed by atoms with Crippen LogP contribution < -0.4 is 4.90 Å². The topological polar surface area (TPSA) is 20.3 Å². The number of carbonyl (C=O) groups excluding carboxylic acids is 1. The number of hydrogen-bond acceptors (Lipinski definition) is 2. The van der Waals surface area contributed by atoms with Gasteiger partial charge in [0.15, 0.2) is 0 Å². The molecule has 1 aliphatic rings. The zero-order valence-electron chi connectivity index (χ0n) is 11.0. The highest BCUT2D eigenvalue weighted by molar-refractivity contribution is 5.82. The Kier molecular flexibility index (Phi) is 3.08. The predicted octanol–water partition coefficient (Wildman–Crippen LogP) is 3.45. The summed E-state index contributed by atoms with van der Waals surface area (Å²) in [6, 6.07) is 16.9. The van der Waals surface area contributed by atoms with Crippen LogP contribution in [0.15, 0.2) is 48.5 Å². The summed E-state index contributed by atoms with van der Waals surface area (Å²) in [4.78, 5) is 13.5. The molecule has 0 saturated carbocycles. The first-order valence-electron chi connectivity index (χ1n) is 6.67. The minimum Gasteiger partial charge on any atom is -0.364 e. The van der Waals surface area contributed by atoms with Crippen molar-refractivity contribution < 1.29 is 4.79 Å². The zero-order valence-corrected chi connectivity index (χ0v) is 11.0. The SMILES string of the molecule is C[C@H]1Cc2c(C=O)cccc2N1Cc1ccccc1. The largest absolute Gasteiger partial charge is 0.364 e. The molecule has 0 aliphatic carbocycles. The van der Waals surface area contributed by atoms with E-state index in [2.05, 4.69) is 42.2 Å². The van der Waals surface area contributed by atoms with Crippen LogP contribution in [0.2, 0.25) is 0 Å². The standard InChI is InChI=1S/C17H17NO/c1-13-10-16-15(12-19)8-5-9-17(16)18(13)11-14-6-3-2-4-7-14/h2-9,12-13H,10-11H2,1H3/t13-/m0/s1. The Labute approximate surface area is 113 Å². The van der Waals surface area contributed by atoms with Gasteiger partial charge in [-0.1, -0.05) is 42.5 Å². The smallest absolute Gasteiger partial charge is 0.150 e. The van der Waals surface area contributed by atoms with Crippen molar-refractivity contribution in [1.29, 1.82) is 0 Å². The van der Waals surface area contributed by atoms with Gasteiger partial charge in [0.2, 0.25) is 0 Å². The number of fused-ring (bicyclic) bond motifs is 1. The van der Waals surface area contributed by atoms with Crippen LogP contribution in [-0.4, -0.2) is 12.3 Å². The third kappa shape index (κ3) is 2.14. The summed E-state index contributed by atoms with van der Waals surface area (Å²) in [6.07, 6.45) is 1.93. The average Bonchev–Trinajstić information content (AvgIpc) is 2.76. The van der Waals surface area contributed by atoms with Crippen LogP contribution in [0.5, 0.6) is 0 Å². The molecule has 0 aromatic heterocycles. The normalized spacial score (nSPS) is 17.3. The lowest BCUT2D eigenvalue weighted by molar-refractivity contribution is 0.112. The van der Waals surface area contributed by atoms with Crippen LogP contribution in [0.25, 0.3) is 0 Å². The van der Waals surface area contributed by atoms with E-state index in [1.54, 1.807) is 0 Å². The van der Waals surface area contributed by atoms with Crippen molar-refractivity contribution >= 4 is 12.0 Å². The number of benzene rings is 2. The van der Waals surface area contributed by atoms with Crippen molar-refractivity contribution in [3.8, 4) is 0 Å². The molecule has 0 saturated heterocycles. The lowest BCUT2D eigenvalue weighted by atomic mass is 10.0. The molecule has 1 aliphatic heterocycles. The first-order valence-corrected chi connectivity index (χ1v) is 6.67. The lowest BCUT2D eigenvalue weighted by Gasteiger charge is -2.25. The van der Waals surface area contributed by atoms with Gasteiger partial charge in [-0.25, -0.2) is 0 Å². The van der Waals surface area contributed by atoms with Gasteiger partial charge in [0.05, 0.1) is 0 Å². The molecule has 0 amide bonds. The number of anilines is 1. The van der Waals surface area contributed by atoms with Crippen LogP contribution >= 0.6 is 0 Å². The molecule has 2 nitrogen and oxygen atoms in total. The second-order valence-electron chi connectivity index (χ2n) is 5.13. The summed E-state index contributed by atoms with van der Waals surface area (Å²) in [5.41, 5.74) is 4.54. The third-order valence-electron chi connectivity index (χ3n) is 3.85. The van der Waals surface area contributed by atoms with Crippen molar-refractivity contribution in [2.75, 3.05) is 4.90 Å². The summed E-state index contributed by atoms with van der Waals surface area (Å²) in [6.45, 7) is 3.12. The highest BCUT2D eigenvalue weighted by Crippen LogP contribution is 2.34. The van der Waals surface area contributed by atoms with Crippen molar-refractivity contribution in [2.45, 2.75) is 25.9 Å². The third-order valence-corrected chi connectivity index (χ3v) is 3.85. The van der Waals surface area contributed by atoms with Crippen LogP contribution in [0, 0.1) is 0 Å². The Morgan fingerprint density at radius 2 is 1.95 bits per heavy atom. The molecule has 2 heteroatoms. The number of aldehydes is 1. The van der Waals surface area contributed by atoms with Gasteiger partial charge in [0.25, 0.3) is 0 Å². The average molecular weight is 251 g/mol. The summed E-state index contributed by atoms with van der Waals surface area (Å²) < 4.78 is 0. The van der Waals surface area contributed by atoms with Gasteiger partial charge in [-0.05, 0) is 30.5 Å². The Hall–Kier alpha value is -2.09. The minimum absolute atomic E-state index is 0.441. The van der Waals surface area contributed by atoms with E-state index < -0.39 is 0 Å². The van der Waals surface area contributed by atoms with Gasteiger partial charge in [-0.15, -0.1) is 0 Å². The fourth-order valence-electron chi connectivity index (χ4n) is 2.86. The highest BCUT2D eigenvalue weighted by atomic mass is 16.1. The molecule has 0 radical (unpaired) electrons. The first-order chi connectivity index (χ1) is 9.29. The van der Waals surface area contributed by atoms with Gasteiger partial charge < -0.3 is 4.90 Å². The Morgan fingerprint density at radius 3 is 2.68 bits per heavy atom. The molecule has 0 fully saturated rings. The maximum absolute atomic E-state index is 11.1. The van der Waals surface area contributed by atoms with Crippen LogP contribution in [0.4, 0.5) is 5.69 Å². The van der Waals surface area contributed by atoms with E-state index in [0.717, 1.165) is 24.8 Å². The molecule has 1 atom stereocenters. The number of hydrogen-bond donors (Lipinski definition) is 0. The number of carbonyl (C=O) groups is 1. The van der Waals surface area contributed by atoms with Crippen LogP contribution in [0.3, 0.4) is 0 Å². The molecule has 0 unspecified atom stereocenters. The summed E-state index contributed by atoms with van der Waals surface area (Å²) in [5.74, 6) is 0. The quantitative estimate of drug-likeness (QED) is 0.779. The van der Waals surface area contributed by atoms with Crippen LogP contribution in [-0.2, 0) is 13.0 Å². The molecule has 0 bridgehead atoms. The Balaban J connectivity index is 1.95. The molecule has 0 N–H and O–H groups in total. The first kappa shape index (κ1) is 12.0. The highest BCUT2D eigenvalue weighted by Gasteiger charge is 2.27. The van der Waals surface area contributed by atoms with Crippen molar-refractivity contribution in [1.82, 2.24) is 0 Å². The fraction of sp³-hybridized carbons (Fsp3) is 0.235. The van der Waals surface area contributed by atoms with E-state index in [-0.39, 0.29) is 0 Å². The summed E-state index contributed by atoms with van der Waals surface area (Å²) in [7, 11) is 0. The van der Waals surface area contributed by atoms with Gasteiger partial charge in [0, 0.05) is 23.8 Å². The van der Waals surface area contributed by atoms with Crippen LogP contribution in [0.1, 0.15) is 28.4 Å². The Bertz CT molecular complexity index is 591. The van der Waals surface area contributed by atoms with E-state index in [9.17, 15) is 4.79 Å². The lowest BCUT2D eigenvalue weighted by Crippen LogP contribution is -2.28. The predicted molar refractivity (Wildman–Crippen MR) is 77.6 cm³/mol. The monoisotopic (exact) mass is 251 g/mol. The van der Waals surface area contributed by atoms with E-state index in [1.165, 1.54) is 16.8 Å². The zero-order chi connectivity index (χ0) is 13.2. The van der Waals surface area contributed by atoms with Crippen molar-refractivity contribution in [3.05, 3.63) is 65.2 Å². The second kappa shape index (κ2) is 4.88. The van der Waals surface area contributed by atoms with E-state index in [0.29, 0.717) is 6.04 Å². The summed E-state index contributed by atoms with van der Waals surface area (Å²) in [5, 5.41) is 0. The molecule has 2 aromatic rings. The molecule has 2 aromatic carbocycles. The maximum atomic E-state index is 11.1. The van der Waals surface area contributed by atoms with E-state index in [4.69, 9.17) is 0 Å². The molecular weight excluding hydrogens is 234 g/mol. The Morgan fingerprint density at radius 1 is 1.16 bits per heavy atom. The van der Waals surface area contributed by atoms with Gasteiger partial charge in [0.1, 0.15) is 6.29 Å². The molecule has 1 heterocycles. The van der Waals surface area contributed by atoms with Crippen molar-refractivity contribution in [2.24, 2.45) is 0 Å². The van der Waals surface area contributed by atoms with Crippen molar-refractivity contribution in [3.63, 3.8) is 0 Å². The molecule has 19 heavy (non-hydrogen) atoms. The van der Waals surface area contributed by atoms with E-state index >= 15 is 0 Å². The maximum Gasteiger partial charge on any atom is 0.150 e. The van der Waals surface area contributed by atoms with Gasteiger partial charge in [-0.3, -0.25) is 4.79 Å². The summed E-state index contributed by atoms with van der Waals surface area (Å²) >= 11 is 0. The molecular formula is C17H17NO. The molecule has 0 spiro atoms. The second-order valence-corrected chi connectivity index (χ2v) is 5.13. The van der Waals surface area contributed by atoms with E-state index in [1.807, 2.05) is 18.2 Å². The molecule has 96 valence electrons.